The summed E-state index contributed by atoms with van der Waals surface area (Å²) >= 11 is 5.95. The Morgan fingerprint density at radius 1 is 1.11 bits per heavy atom. The van der Waals surface area contributed by atoms with E-state index in [1.165, 1.54) is 29.9 Å². The largest absolute Gasteiger partial charge is 0.469 e. The Kier molecular flexibility index (Phi) is 8.92. The first-order valence-electron chi connectivity index (χ1n) is 11.0. The van der Waals surface area contributed by atoms with Crippen molar-refractivity contribution in [3.63, 3.8) is 0 Å². The van der Waals surface area contributed by atoms with Gasteiger partial charge in [-0.2, -0.15) is 13.2 Å². The van der Waals surface area contributed by atoms with Crippen molar-refractivity contribution >= 4 is 23.5 Å². The van der Waals surface area contributed by atoms with Crippen molar-refractivity contribution in [3.8, 4) is 11.4 Å². The lowest BCUT2D eigenvalue weighted by Gasteiger charge is -2.12. The highest BCUT2D eigenvalue weighted by Gasteiger charge is 2.32. The molecule has 36 heavy (non-hydrogen) atoms. The van der Waals surface area contributed by atoms with Crippen LogP contribution in [-0.4, -0.2) is 39.9 Å². The van der Waals surface area contributed by atoms with Crippen LogP contribution in [0.1, 0.15) is 24.0 Å². The summed E-state index contributed by atoms with van der Waals surface area (Å²) in [5.74, 6) is -0.716. The number of ether oxygens (including phenoxy) is 1. The highest BCUT2D eigenvalue weighted by molar-refractivity contribution is 6.30. The molecule has 0 radical (unpaired) electrons. The lowest BCUT2D eigenvalue weighted by Crippen LogP contribution is -2.34. The van der Waals surface area contributed by atoms with Crippen molar-refractivity contribution < 1.29 is 27.5 Å². The van der Waals surface area contributed by atoms with Crippen LogP contribution in [0, 0.1) is 0 Å². The van der Waals surface area contributed by atoms with E-state index >= 15 is 0 Å². The summed E-state index contributed by atoms with van der Waals surface area (Å²) in [7, 11) is 1.27. The number of hydrogen-bond acceptors (Lipinski definition) is 5. The number of halogens is 4. The lowest BCUT2D eigenvalue weighted by molar-refractivity contribution is -0.141. The highest BCUT2D eigenvalue weighted by Crippen LogP contribution is 2.31. The van der Waals surface area contributed by atoms with Crippen molar-refractivity contribution in [3.05, 3.63) is 75.2 Å². The quantitative estimate of drug-likeness (QED) is 0.408. The van der Waals surface area contributed by atoms with Gasteiger partial charge in [0.1, 0.15) is 6.54 Å². The van der Waals surface area contributed by atoms with E-state index in [-0.39, 0.29) is 37.3 Å². The van der Waals surface area contributed by atoms with Crippen LogP contribution in [0.15, 0.2) is 53.3 Å². The number of carbonyl (C=O) groups excluding carboxylic acids is 2. The van der Waals surface area contributed by atoms with Gasteiger partial charge >= 0.3 is 17.8 Å². The molecule has 0 aliphatic rings. The summed E-state index contributed by atoms with van der Waals surface area (Å²) < 4.78 is 46.4. The van der Waals surface area contributed by atoms with E-state index in [4.69, 9.17) is 11.6 Å². The monoisotopic (exact) mass is 524 g/mol. The fourth-order valence-electron chi connectivity index (χ4n) is 3.59. The van der Waals surface area contributed by atoms with Gasteiger partial charge in [0.05, 0.1) is 12.7 Å². The zero-order chi connectivity index (χ0) is 26.3. The van der Waals surface area contributed by atoms with Gasteiger partial charge in [0.15, 0.2) is 5.82 Å². The van der Waals surface area contributed by atoms with Crippen LogP contribution in [0.4, 0.5) is 13.2 Å². The van der Waals surface area contributed by atoms with E-state index in [1.54, 1.807) is 24.3 Å². The van der Waals surface area contributed by atoms with Gasteiger partial charge in [0, 0.05) is 30.1 Å². The molecule has 0 spiro atoms. The minimum atomic E-state index is -4.49. The average molecular weight is 525 g/mol. The molecule has 1 heterocycles. The Morgan fingerprint density at radius 3 is 2.47 bits per heavy atom. The lowest BCUT2D eigenvalue weighted by atomic mass is 10.0. The molecule has 1 amide bonds. The fourth-order valence-corrected chi connectivity index (χ4v) is 3.71. The maximum absolute atomic E-state index is 13.2. The number of methoxy groups -OCH3 is 1. The molecule has 0 atom stereocenters. The van der Waals surface area contributed by atoms with Gasteiger partial charge in [0.25, 0.3) is 0 Å². The van der Waals surface area contributed by atoms with Crippen LogP contribution in [-0.2, 0) is 40.0 Å². The van der Waals surface area contributed by atoms with Crippen LogP contribution in [0.5, 0.6) is 0 Å². The first-order valence-corrected chi connectivity index (χ1v) is 11.4. The number of esters is 1. The predicted molar refractivity (Wildman–Crippen MR) is 126 cm³/mol. The Balaban J connectivity index is 1.72. The third kappa shape index (κ3) is 6.97. The van der Waals surface area contributed by atoms with Crippen molar-refractivity contribution in [2.24, 2.45) is 0 Å². The molecule has 192 valence electrons. The molecule has 0 saturated carbocycles. The van der Waals surface area contributed by atoms with E-state index < -0.39 is 35.9 Å². The molecule has 1 aromatic heterocycles. The normalized spacial score (nSPS) is 11.4. The molecule has 0 aliphatic heterocycles. The van der Waals surface area contributed by atoms with Crippen LogP contribution in [0.25, 0.3) is 11.4 Å². The first kappa shape index (κ1) is 27.0. The van der Waals surface area contributed by atoms with E-state index in [2.05, 4.69) is 15.2 Å². The second-order valence-electron chi connectivity index (χ2n) is 7.86. The number of alkyl halides is 3. The number of nitrogens with zero attached hydrogens (tertiary/aromatic N) is 3. The smallest absolute Gasteiger partial charge is 0.416 e. The second-order valence-corrected chi connectivity index (χ2v) is 8.29. The second kappa shape index (κ2) is 11.9. The SMILES string of the molecule is COC(=O)CCCn1c(-c2ccc(Cl)cc2)nn(CC(=O)NCCc2ccccc2C(F)(F)F)c1=O. The number of amides is 1. The van der Waals surface area contributed by atoms with Crippen molar-refractivity contribution in [2.75, 3.05) is 13.7 Å². The first-order chi connectivity index (χ1) is 17.1. The number of rotatable bonds is 10. The summed E-state index contributed by atoms with van der Waals surface area (Å²) in [6.07, 6.45) is -4.13. The topological polar surface area (TPSA) is 95.2 Å². The zero-order valence-electron chi connectivity index (χ0n) is 19.3. The van der Waals surface area contributed by atoms with Gasteiger partial charge < -0.3 is 10.1 Å². The average Bonchev–Trinajstić information content (AvgIpc) is 3.14. The summed E-state index contributed by atoms with van der Waals surface area (Å²) in [6.45, 7) is -0.323. The number of hydrogen-bond donors (Lipinski definition) is 1. The van der Waals surface area contributed by atoms with Crippen LogP contribution >= 0.6 is 11.6 Å². The maximum Gasteiger partial charge on any atom is 0.416 e. The number of nitrogens with one attached hydrogen (secondary N) is 1. The van der Waals surface area contributed by atoms with Gasteiger partial charge in [-0.1, -0.05) is 29.8 Å². The Bertz CT molecular complexity index is 1270. The van der Waals surface area contributed by atoms with Gasteiger partial charge in [-0.15, -0.1) is 5.10 Å². The number of carbonyl (C=O) groups is 2. The van der Waals surface area contributed by atoms with Gasteiger partial charge in [-0.25, -0.2) is 9.48 Å². The fraction of sp³-hybridized carbons (Fsp3) is 0.333. The molecule has 3 aromatic rings. The molecule has 3 rings (SSSR count). The van der Waals surface area contributed by atoms with E-state index in [0.717, 1.165) is 10.7 Å². The van der Waals surface area contributed by atoms with Crippen LogP contribution in [0.2, 0.25) is 5.02 Å². The molecule has 12 heteroatoms. The van der Waals surface area contributed by atoms with Crippen LogP contribution < -0.4 is 11.0 Å². The molecule has 0 unspecified atom stereocenters. The molecule has 1 N–H and O–H groups in total. The summed E-state index contributed by atoms with van der Waals surface area (Å²) in [4.78, 5) is 36.9. The molecule has 2 aromatic carbocycles. The minimum Gasteiger partial charge on any atom is -0.469 e. The predicted octanol–water partition coefficient (Wildman–Crippen LogP) is 3.70. The van der Waals surface area contributed by atoms with Crippen LogP contribution in [0.3, 0.4) is 0 Å². The number of benzene rings is 2. The van der Waals surface area contributed by atoms with Crippen molar-refractivity contribution in [1.29, 1.82) is 0 Å². The Labute approximate surface area is 209 Å². The maximum atomic E-state index is 13.2. The minimum absolute atomic E-state index is 0.0334. The third-order valence-electron chi connectivity index (χ3n) is 5.35. The molecule has 8 nitrogen and oxygen atoms in total. The van der Waals surface area contributed by atoms with Gasteiger partial charge in [0.2, 0.25) is 5.91 Å². The third-order valence-corrected chi connectivity index (χ3v) is 5.60. The molecular formula is C24H24ClF3N4O4. The Hall–Kier alpha value is -3.60. The van der Waals surface area contributed by atoms with Crippen molar-refractivity contribution in [2.45, 2.75) is 38.5 Å². The summed E-state index contributed by atoms with van der Waals surface area (Å²) in [5, 5.41) is 7.30. The summed E-state index contributed by atoms with van der Waals surface area (Å²) in [5.41, 5.74) is -0.684. The van der Waals surface area contributed by atoms with E-state index in [0.29, 0.717) is 17.0 Å². The molecular weight excluding hydrogens is 501 g/mol. The van der Waals surface area contributed by atoms with Gasteiger partial charge in [-0.05, 0) is 48.7 Å². The van der Waals surface area contributed by atoms with Gasteiger partial charge in [-0.3, -0.25) is 14.2 Å². The van der Waals surface area contributed by atoms with Crippen molar-refractivity contribution in [1.82, 2.24) is 19.7 Å². The van der Waals surface area contributed by atoms with E-state index in [9.17, 15) is 27.6 Å². The molecule has 0 fully saturated rings. The van der Waals surface area contributed by atoms with E-state index in [1.807, 2.05) is 0 Å². The highest BCUT2D eigenvalue weighted by atomic mass is 35.5. The number of aromatic nitrogens is 3. The standard InChI is InChI=1S/C24H24ClF3N4O4/c1-36-21(34)7-4-14-31-22(17-8-10-18(25)11-9-17)30-32(23(31)35)15-20(33)29-13-12-16-5-2-3-6-19(16)24(26,27)28/h2-3,5-6,8-11H,4,7,12-15H2,1H3,(H,29,33). The summed E-state index contributed by atoms with van der Waals surface area (Å²) in [6, 6.07) is 11.7. The zero-order valence-corrected chi connectivity index (χ0v) is 20.1. The Morgan fingerprint density at radius 2 is 1.81 bits per heavy atom. The molecule has 0 saturated heterocycles. The molecule has 0 bridgehead atoms. The molecule has 0 aliphatic carbocycles.